The third-order valence-corrected chi connectivity index (χ3v) is 6.08. The molecule has 1 aliphatic heterocycles. The normalized spacial score (nSPS) is 24.8. The second-order valence-corrected chi connectivity index (χ2v) is 7.51. The topological polar surface area (TPSA) is 46.6 Å². The molecular formula is C14H20ClNO3S. The zero-order chi connectivity index (χ0) is 14.8. The fourth-order valence-electron chi connectivity index (χ4n) is 2.54. The number of methoxy groups -OCH3 is 1. The summed E-state index contributed by atoms with van der Waals surface area (Å²) >= 11 is 5.85. The van der Waals surface area contributed by atoms with Gasteiger partial charge >= 0.3 is 0 Å². The first-order chi connectivity index (χ1) is 9.43. The standard InChI is InChI=1S/C14H20ClNO3S/c1-14(19-2)8-5-9-16(11-14)20(17,18)13-7-4-3-6-12(13)10-15/h3-4,6-7H,5,8-11H2,1-2H3. The average Bonchev–Trinajstić information content (AvgIpc) is 2.47. The van der Waals surface area contributed by atoms with E-state index in [1.165, 1.54) is 4.31 Å². The number of alkyl halides is 1. The number of benzene rings is 1. The van der Waals surface area contributed by atoms with E-state index in [-0.39, 0.29) is 5.88 Å². The molecule has 4 nitrogen and oxygen atoms in total. The van der Waals surface area contributed by atoms with Gasteiger partial charge in [0.2, 0.25) is 10.0 Å². The summed E-state index contributed by atoms with van der Waals surface area (Å²) in [5.74, 6) is 0.185. The van der Waals surface area contributed by atoms with Gasteiger partial charge in [-0.05, 0) is 31.4 Å². The summed E-state index contributed by atoms with van der Waals surface area (Å²) in [6.45, 7) is 2.85. The molecule has 0 aliphatic carbocycles. The summed E-state index contributed by atoms with van der Waals surface area (Å²) in [6, 6.07) is 6.89. The molecule has 20 heavy (non-hydrogen) atoms. The van der Waals surface area contributed by atoms with Crippen molar-refractivity contribution in [1.29, 1.82) is 0 Å². The zero-order valence-corrected chi connectivity index (χ0v) is 13.4. The zero-order valence-electron chi connectivity index (χ0n) is 11.8. The predicted octanol–water partition coefficient (Wildman–Crippen LogP) is 2.62. The summed E-state index contributed by atoms with van der Waals surface area (Å²) in [5, 5.41) is 0. The van der Waals surface area contributed by atoms with Gasteiger partial charge in [-0.15, -0.1) is 11.6 Å². The highest BCUT2D eigenvalue weighted by atomic mass is 35.5. The molecule has 112 valence electrons. The molecule has 1 heterocycles. The second-order valence-electron chi connectivity index (χ2n) is 5.34. The molecule has 2 rings (SSSR count). The van der Waals surface area contributed by atoms with Crippen molar-refractivity contribution in [2.75, 3.05) is 20.2 Å². The Morgan fingerprint density at radius 2 is 2.10 bits per heavy atom. The average molecular weight is 318 g/mol. The fourth-order valence-corrected chi connectivity index (χ4v) is 4.66. The van der Waals surface area contributed by atoms with Crippen LogP contribution >= 0.6 is 11.6 Å². The first-order valence-electron chi connectivity index (χ1n) is 6.62. The van der Waals surface area contributed by atoms with Crippen molar-refractivity contribution in [3.05, 3.63) is 29.8 Å². The van der Waals surface area contributed by atoms with Gasteiger partial charge in [-0.25, -0.2) is 8.42 Å². The maximum absolute atomic E-state index is 12.8. The van der Waals surface area contributed by atoms with E-state index >= 15 is 0 Å². The van der Waals surface area contributed by atoms with Gasteiger partial charge in [0.05, 0.1) is 10.5 Å². The molecule has 1 saturated heterocycles. The van der Waals surface area contributed by atoms with E-state index in [1.54, 1.807) is 31.4 Å². The van der Waals surface area contributed by atoms with Crippen molar-refractivity contribution in [1.82, 2.24) is 4.31 Å². The van der Waals surface area contributed by atoms with E-state index in [0.717, 1.165) is 12.8 Å². The van der Waals surface area contributed by atoms with E-state index in [9.17, 15) is 8.42 Å². The van der Waals surface area contributed by atoms with Crippen LogP contribution in [0.1, 0.15) is 25.3 Å². The number of ether oxygens (including phenoxy) is 1. The van der Waals surface area contributed by atoms with Gasteiger partial charge in [-0.1, -0.05) is 18.2 Å². The number of halogens is 1. The lowest BCUT2D eigenvalue weighted by molar-refractivity contribution is -0.0319. The molecule has 6 heteroatoms. The van der Waals surface area contributed by atoms with Gasteiger partial charge in [-0.3, -0.25) is 0 Å². The fraction of sp³-hybridized carbons (Fsp3) is 0.571. The van der Waals surface area contributed by atoms with Crippen LogP contribution in [0.3, 0.4) is 0 Å². The SMILES string of the molecule is COC1(C)CCCN(S(=O)(=O)c2ccccc2CCl)C1. The van der Waals surface area contributed by atoms with Crippen LogP contribution in [0.4, 0.5) is 0 Å². The molecule has 1 aromatic rings. The van der Waals surface area contributed by atoms with Crippen LogP contribution in [-0.4, -0.2) is 38.5 Å². The summed E-state index contributed by atoms with van der Waals surface area (Å²) < 4.78 is 32.5. The summed E-state index contributed by atoms with van der Waals surface area (Å²) in [7, 11) is -1.89. The number of hydrogen-bond donors (Lipinski definition) is 0. The van der Waals surface area contributed by atoms with E-state index in [2.05, 4.69) is 0 Å². The Hall–Kier alpha value is -0.620. The van der Waals surface area contributed by atoms with Crippen LogP contribution < -0.4 is 0 Å². The molecule has 0 saturated carbocycles. The minimum Gasteiger partial charge on any atom is -0.377 e. The van der Waals surface area contributed by atoms with Gasteiger partial charge in [0.15, 0.2) is 0 Å². The molecule has 0 N–H and O–H groups in total. The van der Waals surface area contributed by atoms with Crippen LogP contribution in [0, 0.1) is 0 Å². The van der Waals surface area contributed by atoms with Gasteiger partial charge in [-0.2, -0.15) is 4.31 Å². The Labute approximate surface area is 125 Å². The minimum atomic E-state index is -3.52. The molecular weight excluding hydrogens is 298 g/mol. The Balaban J connectivity index is 2.35. The molecule has 1 unspecified atom stereocenters. The van der Waals surface area contributed by atoms with Crippen LogP contribution in [0.5, 0.6) is 0 Å². The maximum atomic E-state index is 12.8. The number of hydrogen-bond acceptors (Lipinski definition) is 3. The van der Waals surface area contributed by atoms with E-state index in [1.807, 2.05) is 6.92 Å². The summed E-state index contributed by atoms with van der Waals surface area (Å²) in [4.78, 5) is 0.301. The lowest BCUT2D eigenvalue weighted by Crippen LogP contribution is -2.49. The highest BCUT2D eigenvalue weighted by Gasteiger charge is 2.37. The van der Waals surface area contributed by atoms with E-state index < -0.39 is 15.6 Å². The van der Waals surface area contributed by atoms with Crippen LogP contribution in [0.15, 0.2) is 29.2 Å². The molecule has 0 bridgehead atoms. The Bertz CT molecular complexity index is 576. The molecule has 0 aromatic heterocycles. The van der Waals surface area contributed by atoms with Gasteiger partial charge in [0, 0.05) is 26.1 Å². The van der Waals surface area contributed by atoms with Gasteiger partial charge in [0.25, 0.3) is 0 Å². The lowest BCUT2D eigenvalue weighted by Gasteiger charge is -2.38. The summed E-state index contributed by atoms with van der Waals surface area (Å²) in [5.41, 5.74) is 0.222. The van der Waals surface area contributed by atoms with Crippen LogP contribution in [0.2, 0.25) is 0 Å². The maximum Gasteiger partial charge on any atom is 0.243 e. The Kier molecular flexibility index (Phi) is 4.74. The molecule has 1 atom stereocenters. The van der Waals surface area contributed by atoms with Crippen molar-refractivity contribution < 1.29 is 13.2 Å². The monoisotopic (exact) mass is 317 g/mol. The third-order valence-electron chi connectivity index (χ3n) is 3.85. The highest BCUT2D eigenvalue weighted by Crippen LogP contribution is 2.29. The van der Waals surface area contributed by atoms with E-state index in [4.69, 9.17) is 16.3 Å². The number of rotatable bonds is 4. The number of nitrogens with zero attached hydrogens (tertiary/aromatic N) is 1. The number of sulfonamides is 1. The molecule has 0 spiro atoms. The highest BCUT2D eigenvalue weighted by molar-refractivity contribution is 7.89. The van der Waals surface area contributed by atoms with Crippen LogP contribution in [0.25, 0.3) is 0 Å². The Morgan fingerprint density at radius 3 is 2.75 bits per heavy atom. The number of piperidine rings is 1. The second kappa shape index (κ2) is 6.02. The first-order valence-corrected chi connectivity index (χ1v) is 8.59. The van der Waals surface area contributed by atoms with Gasteiger partial charge in [0.1, 0.15) is 0 Å². The largest absolute Gasteiger partial charge is 0.377 e. The quantitative estimate of drug-likeness (QED) is 0.802. The molecule has 1 aromatic carbocycles. The van der Waals surface area contributed by atoms with Gasteiger partial charge < -0.3 is 4.74 Å². The molecule has 1 aliphatic rings. The molecule has 0 amide bonds. The van der Waals surface area contributed by atoms with Crippen molar-refractivity contribution in [2.24, 2.45) is 0 Å². The smallest absolute Gasteiger partial charge is 0.243 e. The first kappa shape index (κ1) is 15.8. The summed E-state index contributed by atoms with van der Waals surface area (Å²) in [6.07, 6.45) is 1.67. The predicted molar refractivity (Wildman–Crippen MR) is 79.4 cm³/mol. The van der Waals surface area contributed by atoms with Crippen molar-refractivity contribution >= 4 is 21.6 Å². The molecule has 0 radical (unpaired) electrons. The van der Waals surface area contributed by atoms with Crippen molar-refractivity contribution in [2.45, 2.75) is 36.1 Å². The third kappa shape index (κ3) is 3.01. The van der Waals surface area contributed by atoms with Crippen LogP contribution in [-0.2, 0) is 20.6 Å². The minimum absolute atomic E-state index is 0.185. The van der Waals surface area contributed by atoms with Crippen molar-refractivity contribution in [3.8, 4) is 0 Å². The molecule has 1 fully saturated rings. The Morgan fingerprint density at radius 1 is 1.40 bits per heavy atom. The lowest BCUT2D eigenvalue weighted by atomic mass is 9.96. The van der Waals surface area contributed by atoms with Crippen molar-refractivity contribution in [3.63, 3.8) is 0 Å². The van der Waals surface area contributed by atoms with E-state index in [0.29, 0.717) is 23.5 Å².